The molecule has 0 bridgehead atoms. The molecule has 0 aliphatic heterocycles. The Kier molecular flexibility index (Phi) is 3.17. The maximum Gasteiger partial charge on any atom is 0.365 e. The number of nitriles is 1. The van der Waals surface area contributed by atoms with Crippen molar-refractivity contribution in [3.63, 3.8) is 0 Å². The maximum atomic E-state index is 10.4. The van der Waals surface area contributed by atoms with Gasteiger partial charge in [0.05, 0.1) is 18.2 Å². The summed E-state index contributed by atoms with van der Waals surface area (Å²) in [6.07, 6.45) is 3.58. The zero-order chi connectivity index (χ0) is 9.68. The number of nitrogens with zero attached hydrogens (tertiary/aromatic N) is 2. The molecule has 66 valence electrons. The fraction of sp³-hybridized carbons (Fsp3) is 0.125. The number of hydrogen-bond donors (Lipinski definition) is 1. The van der Waals surface area contributed by atoms with Crippen molar-refractivity contribution in [2.75, 3.05) is 0 Å². The molecule has 1 aromatic heterocycles. The van der Waals surface area contributed by atoms with Crippen molar-refractivity contribution in [3.05, 3.63) is 22.2 Å². The highest BCUT2D eigenvalue weighted by Gasteiger charge is 2.06. The lowest BCUT2D eigenvalue weighted by atomic mass is 10.3. The Morgan fingerprint density at radius 1 is 1.85 bits per heavy atom. The molecule has 1 heterocycles. The van der Waals surface area contributed by atoms with Gasteiger partial charge in [-0.3, -0.25) is 0 Å². The van der Waals surface area contributed by atoms with Gasteiger partial charge in [-0.2, -0.15) is 5.26 Å². The quantitative estimate of drug-likeness (QED) is 0.795. The Balaban J connectivity index is 2.70. The molecule has 0 saturated heterocycles. The number of allylic oxidation sites excluding steroid dienone is 1. The number of carboxylic acid groups (broad SMARTS) is 1. The summed E-state index contributed by atoms with van der Waals surface area (Å²) in [4.78, 5) is 14.2. The van der Waals surface area contributed by atoms with Gasteiger partial charge in [0, 0.05) is 5.38 Å². The molecule has 0 fully saturated rings. The van der Waals surface area contributed by atoms with Gasteiger partial charge in [-0.25, -0.2) is 9.78 Å². The fourth-order valence-corrected chi connectivity index (χ4v) is 1.32. The molecule has 0 aliphatic rings. The standard InChI is InChI=1S/C8H6N2O2S/c9-4-2-1-3-6-5-13-7(10-6)8(11)12/h1,3,5H,2H2,(H,11,12). The minimum absolute atomic E-state index is 0.0663. The maximum absolute atomic E-state index is 10.4. The van der Waals surface area contributed by atoms with Crippen LogP contribution in [0.5, 0.6) is 0 Å². The molecule has 0 amide bonds. The molecule has 1 N–H and O–H groups in total. The Labute approximate surface area is 78.8 Å². The normalized spacial score (nSPS) is 10.1. The summed E-state index contributed by atoms with van der Waals surface area (Å²) in [6, 6.07) is 1.94. The second-order valence-corrected chi connectivity index (χ2v) is 3.01. The van der Waals surface area contributed by atoms with E-state index in [1.165, 1.54) is 0 Å². The van der Waals surface area contributed by atoms with Gasteiger partial charge in [-0.15, -0.1) is 11.3 Å². The number of hydrogen-bond acceptors (Lipinski definition) is 4. The summed E-state index contributed by atoms with van der Waals surface area (Å²) in [7, 11) is 0. The lowest BCUT2D eigenvalue weighted by Crippen LogP contribution is -1.93. The van der Waals surface area contributed by atoms with Crippen LogP contribution in [0.2, 0.25) is 0 Å². The van der Waals surface area contributed by atoms with Crippen LogP contribution >= 0.6 is 11.3 Å². The van der Waals surface area contributed by atoms with E-state index in [0.29, 0.717) is 12.1 Å². The predicted octanol–water partition coefficient (Wildman–Crippen LogP) is 1.77. The highest BCUT2D eigenvalue weighted by molar-refractivity contribution is 7.11. The first-order valence-electron chi connectivity index (χ1n) is 3.46. The van der Waals surface area contributed by atoms with Crippen molar-refractivity contribution in [2.24, 2.45) is 0 Å². The molecular weight excluding hydrogens is 188 g/mol. The zero-order valence-corrected chi connectivity index (χ0v) is 7.41. The summed E-state index contributed by atoms with van der Waals surface area (Å²) >= 11 is 1.07. The van der Waals surface area contributed by atoms with E-state index >= 15 is 0 Å². The third-order valence-corrected chi connectivity index (χ3v) is 2.05. The third-order valence-electron chi connectivity index (χ3n) is 1.20. The molecule has 0 aliphatic carbocycles. The monoisotopic (exact) mass is 194 g/mol. The van der Waals surface area contributed by atoms with Gasteiger partial charge in [-0.1, -0.05) is 6.08 Å². The van der Waals surface area contributed by atoms with E-state index in [-0.39, 0.29) is 5.01 Å². The molecule has 1 aromatic rings. The number of carboxylic acids is 1. The molecule has 4 nitrogen and oxygen atoms in total. The number of carbonyl (C=O) groups is 1. The Hall–Kier alpha value is -1.67. The van der Waals surface area contributed by atoms with Crippen LogP contribution in [0.15, 0.2) is 11.5 Å². The highest BCUT2D eigenvalue weighted by atomic mass is 32.1. The molecule has 0 aromatic carbocycles. The van der Waals surface area contributed by atoms with Gasteiger partial charge in [0.25, 0.3) is 0 Å². The smallest absolute Gasteiger partial charge is 0.365 e. The molecule has 13 heavy (non-hydrogen) atoms. The zero-order valence-electron chi connectivity index (χ0n) is 6.60. The van der Waals surface area contributed by atoms with Gasteiger partial charge in [-0.05, 0) is 6.08 Å². The molecule has 1 rings (SSSR count). The summed E-state index contributed by atoms with van der Waals surface area (Å²) in [5, 5.41) is 18.5. The molecule has 0 saturated carbocycles. The van der Waals surface area contributed by atoms with Gasteiger partial charge >= 0.3 is 5.97 Å². The van der Waals surface area contributed by atoms with E-state index in [4.69, 9.17) is 10.4 Å². The van der Waals surface area contributed by atoms with Crippen molar-refractivity contribution in [1.82, 2.24) is 4.98 Å². The Morgan fingerprint density at radius 2 is 2.62 bits per heavy atom. The SMILES string of the molecule is N#CCC=Cc1csc(C(=O)O)n1. The number of aromatic nitrogens is 1. The Bertz CT molecular complexity index is 376. The third kappa shape index (κ3) is 2.69. The van der Waals surface area contributed by atoms with Crippen LogP contribution in [0.25, 0.3) is 6.08 Å². The second-order valence-electron chi connectivity index (χ2n) is 2.15. The van der Waals surface area contributed by atoms with E-state index in [0.717, 1.165) is 11.3 Å². The molecular formula is C8H6N2O2S. The van der Waals surface area contributed by atoms with Gasteiger partial charge in [0.2, 0.25) is 5.01 Å². The fourth-order valence-electron chi connectivity index (χ4n) is 0.693. The average molecular weight is 194 g/mol. The topological polar surface area (TPSA) is 74.0 Å². The lowest BCUT2D eigenvalue weighted by Gasteiger charge is -1.81. The Morgan fingerprint density at radius 3 is 3.15 bits per heavy atom. The first kappa shape index (κ1) is 9.42. The van der Waals surface area contributed by atoms with Gasteiger partial charge in [0.15, 0.2) is 0 Å². The molecule has 5 heteroatoms. The molecule has 0 radical (unpaired) electrons. The summed E-state index contributed by atoms with van der Waals surface area (Å²) in [5.41, 5.74) is 0.581. The molecule has 0 unspecified atom stereocenters. The van der Waals surface area contributed by atoms with E-state index in [1.54, 1.807) is 17.5 Å². The number of rotatable bonds is 3. The predicted molar refractivity (Wildman–Crippen MR) is 48.3 cm³/mol. The van der Waals surface area contributed by atoms with Crippen LogP contribution in [-0.2, 0) is 0 Å². The minimum Gasteiger partial charge on any atom is -0.476 e. The van der Waals surface area contributed by atoms with E-state index < -0.39 is 5.97 Å². The van der Waals surface area contributed by atoms with Crippen molar-refractivity contribution >= 4 is 23.4 Å². The largest absolute Gasteiger partial charge is 0.476 e. The van der Waals surface area contributed by atoms with Crippen LogP contribution < -0.4 is 0 Å². The lowest BCUT2D eigenvalue weighted by molar-refractivity contribution is 0.0696. The summed E-state index contributed by atoms with van der Waals surface area (Å²) in [6.45, 7) is 0. The van der Waals surface area contributed by atoms with E-state index in [2.05, 4.69) is 4.98 Å². The van der Waals surface area contributed by atoms with Gasteiger partial charge < -0.3 is 5.11 Å². The first-order valence-corrected chi connectivity index (χ1v) is 4.34. The minimum atomic E-state index is -1.02. The van der Waals surface area contributed by atoms with Crippen molar-refractivity contribution in [3.8, 4) is 6.07 Å². The van der Waals surface area contributed by atoms with Crippen LogP contribution in [0.3, 0.4) is 0 Å². The van der Waals surface area contributed by atoms with Crippen LogP contribution in [0.4, 0.5) is 0 Å². The molecule has 0 spiro atoms. The van der Waals surface area contributed by atoms with Crippen LogP contribution in [0, 0.1) is 11.3 Å². The average Bonchev–Trinajstić information content (AvgIpc) is 2.53. The number of aromatic carboxylic acids is 1. The van der Waals surface area contributed by atoms with Crippen molar-refractivity contribution < 1.29 is 9.90 Å². The van der Waals surface area contributed by atoms with E-state index in [1.807, 2.05) is 6.07 Å². The van der Waals surface area contributed by atoms with Crippen LogP contribution in [-0.4, -0.2) is 16.1 Å². The summed E-state index contributed by atoms with van der Waals surface area (Å²) in [5.74, 6) is -1.02. The second kappa shape index (κ2) is 4.38. The van der Waals surface area contributed by atoms with Crippen molar-refractivity contribution in [2.45, 2.75) is 6.42 Å². The van der Waals surface area contributed by atoms with E-state index in [9.17, 15) is 4.79 Å². The number of thiazole rings is 1. The highest BCUT2D eigenvalue weighted by Crippen LogP contribution is 2.10. The van der Waals surface area contributed by atoms with Crippen LogP contribution in [0.1, 0.15) is 21.9 Å². The molecule has 0 atom stereocenters. The van der Waals surface area contributed by atoms with Gasteiger partial charge in [0.1, 0.15) is 0 Å². The summed E-state index contributed by atoms with van der Waals surface area (Å²) < 4.78 is 0. The van der Waals surface area contributed by atoms with Crippen molar-refractivity contribution in [1.29, 1.82) is 5.26 Å². The first-order chi connectivity index (χ1) is 6.24.